The number of hydrogen-bond acceptors (Lipinski definition) is 4. The second kappa shape index (κ2) is 8.83. The average Bonchev–Trinajstić information content (AvgIpc) is 3.12. The summed E-state index contributed by atoms with van der Waals surface area (Å²) < 4.78 is 17.0. The third-order valence-electron chi connectivity index (χ3n) is 6.43. The van der Waals surface area contributed by atoms with E-state index in [9.17, 15) is 0 Å². The summed E-state index contributed by atoms with van der Waals surface area (Å²) >= 11 is 0. The summed E-state index contributed by atoms with van der Waals surface area (Å²) in [6.07, 6.45) is 7.33. The lowest BCUT2D eigenvalue weighted by Gasteiger charge is -2.47. The van der Waals surface area contributed by atoms with Gasteiger partial charge in [-0.05, 0) is 74.6 Å². The Morgan fingerprint density at radius 2 is 1.96 bits per heavy atom. The Hall–Kier alpha value is -1.26. The van der Waals surface area contributed by atoms with Crippen molar-refractivity contribution in [3.05, 3.63) is 23.8 Å². The Labute approximate surface area is 165 Å². The number of nitrogens with one attached hydrogen (secondary N) is 1. The first-order valence-electron chi connectivity index (χ1n) is 10.7. The molecule has 1 aromatic rings. The first kappa shape index (κ1) is 20.5. The van der Waals surface area contributed by atoms with Crippen LogP contribution in [-0.4, -0.2) is 25.5 Å². The molecule has 0 saturated carbocycles. The van der Waals surface area contributed by atoms with E-state index in [2.05, 4.69) is 45.1 Å². The zero-order valence-corrected chi connectivity index (χ0v) is 17.6. The minimum atomic E-state index is 0.0482. The number of fused-ring (bicyclic) bond motifs is 1. The van der Waals surface area contributed by atoms with Gasteiger partial charge < -0.3 is 19.5 Å². The molecular weight excluding hydrogens is 338 g/mol. The fraction of sp³-hybridized carbons (Fsp3) is 0.739. The van der Waals surface area contributed by atoms with E-state index in [0.29, 0.717) is 12.2 Å². The molecule has 2 aliphatic rings. The highest BCUT2D eigenvalue weighted by atomic mass is 16.7. The topological polar surface area (TPSA) is 39.7 Å². The van der Waals surface area contributed by atoms with Crippen LogP contribution in [0.1, 0.15) is 71.8 Å². The first-order chi connectivity index (χ1) is 12.9. The SMILES string of the molecule is CC[C@]1(C)C[C@](CCNCc2ccc3c(c2)OCO3)(CCC(C)C)CCO1. The molecule has 1 saturated heterocycles. The van der Waals surface area contributed by atoms with E-state index in [1.807, 2.05) is 6.07 Å². The maximum atomic E-state index is 6.15. The maximum absolute atomic E-state index is 6.15. The first-order valence-corrected chi connectivity index (χ1v) is 10.7. The second-order valence-electron chi connectivity index (χ2n) is 9.13. The van der Waals surface area contributed by atoms with Gasteiger partial charge in [-0.25, -0.2) is 0 Å². The Balaban J connectivity index is 1.54. The Morgan fingerprint density at radius 1 is 1.15 bits per heavy atom. The standard InChI is InChI=1S/C23H37NO3/c1-5-22(4)16-23(11-13-27-22,9-8-18(2)3)10-12-24-15-19-6-7-20-21(14-19)26-17-25-20/h6-7,14,18,24H,5,8-13,15-17H2,1-4H3/t22-,23+/m1/s1. The van der Waals surface area contributed by atoms with Crippen molar-refractivity contribution in [3.63, 3.8) is 0 Å². The molecule has 2 aliphatic heterocycles. The lowest BCUT2D eigenvalue weighted by atomic mass is 9.67. The fourth-order valence-electron chi connectivity index (χ4n) is 4.46. The van der Waals surface area contributed by atoms with E-state index in [1.54, 1.807) is 0 Å². The summed E-state index contributed by atoms with van der Waals surface area (Å²) in [5.74, 6) is 2.48. The minimum Gasteiger partial charge on any atom is -0.454 e. The summed E-state index contributed by atoms with van der Waals surface area (Å²) in [6.45, 7) is 12.4. The molecule has 1 aromatic carbocycles. The minimum absolute atomic E-state index is 0.0482. The summed E-state index contributed by atoms with van der Waals surface area (Å²) in [4.78, 5) is 0. The van der Waals surface area contributed by atoms with Crippen LogP contribution in [0, 0.1) is 11.3 Å². The summed E-state index contributed by atoms with van der Waals surface area (Å²) in [7, 11) is 0. The number of rotatable bonds is 9. The van der Waals surface area contributed by atoms with Crippen LogP contribution in [0.25, 0.3) is 0 Å². The molecule has 2 atom stereocenters. The molecular formula is C23H37NO3. The van der Waals surface area contributed by atoms with E-state index in [-0.39, 0.29) is 5.60 Å². The zero-order valence-electron chi connectivity index (χ0n) is 17.6. The van der Waals surface area contributed by atoms with Crippen molar-refractivity contribution in [3.8, 4) is 11.5 Å². The molecule has 0 bridgehead atoms. The Morgan fingerprint density at radius 3 is 2.74 bits per heavy atom. The van der Waals surface area contributed by atoms with Crippen LogP contribution >= 0.6 is 0 Å². The van der Waals surface area contributed by atoms with E-state index in [4.69, 9.17) is 14.2 Å². The van der Waals surface area contributed by atoms with Crippen LogP contribution < -0.4 is 14.8 Å². The molecule has 3 rings (SSSR count). The van der Waals surface area contributed by atoms with Gasteiger partial charge in [0.05, 0.1) is 5.60 Å². The van der Waals surface area contributed by atoms with Gasteiger partial charge in [0.2, 0.25) is 6.79 Å². The van der Waals surface area contributed by atoms with Gasteiger partial charge in [0.15, 0.2) is 11.5 Å². The fourth-order valence-corrected chi connectivity index (χ4v) is 4.46. The average molecular weight is 376 g/mol. The molecule has 0 radical (unpaired) electrons. The Bertz CT molecular complexity index is 618. The van der Waals surface area contributed by atoms with E-state index >= 15 is 0 Å². The Kier molecular flexibility index (Phi) is 6.69. The van der Waals surface area contributed by atoms with Crippen LogP contribution in [-0.2, 0) is 11.3 Å². The molecule has 4 heteroatoms. The predicted molar refractivity (Wildman–Crippen MR) is 109 cm³/mol. The van der Waals surface area contributed by atoms with Gasteiger partial charge >= 0.3 is 0 Å². The van der Waals surface area contributed by atoms with Crippen LogP contribution in [0.3, 0.4) is 0 Å². The van der Waals surface area contributed by atoms with Gasteiger partial charge in [-0.3, -0.25) is 0 Å². The second-order valence-corrected chi connectivity index (χ2v) is 9.13. The molecule has 0 amide bonds. The summed E-state index contributed by atoms with van der Waals surface area (Å²) in [5.41, 5.74) is 1.71. The molecule has 0 unspecified atom stereocenters. The van der Waals surface area contributed by atoms with Gasteiger partial charge in [-0.15, -0.1) is 0 Å². The quantitative estimate of drug-likeness (QED) is 0.595. The lowest BCUT2D eigenvalue weighted by molar-refractivity contribution is -0.122. The predicted octanol–water partition coefficient (Wildman–Crippen LogP) is 5.30. The molecule has 27 heavy (non-hydrogen) atoms. The third-order valence-corrected chi connectivity index (χ3v) is 6.43. The van der Waals surface area contributed by atoms with Gasteiger partial charge in [0.25, 0.3) is 0 Å². The summed E-state index contributed by atoms with van der Waals surface area (Å²) in [5, 5.41) is 3.66. The zero-order chi connectivity index (χ0) is 19.3. The van der Waals surface area contributed by atoms with Crippen molar-refractivity contribution in [1.29, 1.82) is 0 Å². The maximum Gasteiger partial charge on any atom is 0.231 e. The molecule has 1 fully saturated rings. The largest absolute Gasteiger partial charge is 0.454 e. The molecule has 0 aliphatic carbocycles. The molecule has 0 spiro atoms. The van der Waals surface area contributed by atoms with Crippen LogP contribution in [0.2, 0.25) is 0 Å². The highest BCUT2D eigenvalue weighted by molar-refractivity contribution is 5.44. The van der Waals surface area contributed by atoms with Crippen molar-refractivity contribution in [1.82, 2.24) is 5.32 Å². The van der Waals surface area contributed by atoms with Gasteiger partial charge in [-0.1, -0.05) is 33.3 Å². The van der Waals surface area contributed by atoms with E-state index < -0.39 is 0 Å². The van der Waals surface area contributed by atoms with Crippen molar-refractivity contribution in [2.45, 2.75) is 78.4 Å². The molecule has 2 heterocycles. The summed E-state index contributed by atoms with van der Waals surface area (Å²) in [6, 6.07) is 6.22. The monoisotopic (exact) mass is 375 g/mol. The van der Waals surface area contributed by atoms with Gasteiger partial charge in [0.1, 0.15) is 0 Å². The third kappa shape index (κ3) is 5.39. The smallest absolute Gasteiger partial charge is 0.231 e. The highest BCUT2D eigenvalue weighted by Crippen LogP contribution is 2.46. The normalized spacial score (nSPS) is 27.3. The molecule has 0 aromatic heterocycles. The van der Waals surface area contributed by atoms with Crippen LogP contribution in [0.4, 0.5) is 0 Å². The number of ether oxygens (including phenoxy) is 3. The number of hydrogen-bond donors (Lipinski definition) is 1. The van der Waals surface area contributed by atoms with Gasteiger partial charge in [-0.2, -0.15) is 0 Å². The lowest BCUT2D eigenvalue weighted by Crippen LogP contribution is -2.44. The van der Waals surface area contributed by atoms with Gasteiger partial charge in [0, 0.05) is 13.2 Å². The van der Waals surface area contributed by atoms with Crippen LogP contribution in [0.15, 0.2) is 18.2 Å². The number of benzene rings is 1. The van der Waals surface area contributed by atoms with E-state index in [1.165, 1.54) is 37.7 Å². The van der Waals surface area contributed by atoms with Crippen molar-refractivity contribution < 1.29 is 14.2 Å². The van der Waals surface area contributed by atoms with E-state index in [0.717, 1.165) is 43.5 Å². The highest BCUT2D eigenvalue weighted by Gasteiger charge is 2.41. The van der Waals surface area contributed by atoms with Crippen molar-refractivity contribution >= 4 is 0 Å². The van der Waals surface area contributed by atoms with Crippen LogP contribution in [0.5, 0.6) is 11.5 Å². The molecule has 4 nitrogen and oxygen atoms in total. The molecule has 1 N–H and O–H groups in total. The molecule has 152 valence electrons. The van der Waals surface area contributed by atoms with Crippen molar-refractivity contribution in [2.24, 2.45) is 11.3 Å². The van der Waals surface area contributed by atoms with Crippen molar-refractivity contribution in [2.75, 3.05) is 19.9 Å².